The molecule has 1 rings (SSSR count). The molecule has 0 unspecified atom stereocenters. The number of hydrogen-bond acceptors (Lipinski definition) is 4. The molecule has 19 heavy (non-hydrogen) atoms. The zero-order chi connectivity index (χ0) is 14.5. The van der Waals surface area contributed by atoms with E-state index in [4.69, 9.17) is 4.74 Å². The first-order valence-electron chi connectivity index (χ1n) is 6.91. The van der Waals surface area contributed by atoms with Gasteiger partial charge in [0.15, 0.2) is 6.61 Å². The van der Waals surface area contributed by atoms with Gasteiger partial charge in [-0.25, -0.2) is 0 Å². The lowest BCUT2D eigenvalue weighted by molar-refractivity contribution is -0.151. The lowest BCUT2D eigenvalue weighted by atomic mass is 9.92. The molecule has 0 radical (unpaired) electrons. The fourth-order valence-electron chi connectivity index (χ4n) is 1.97. The highest BCUT2D eigenvalue weighted by Gasteiger charge is 2.22. The van der Waals surface area contributed by atoms with Crippen LogP contribution in [0.25, 0.3) is 0 Å². The van der Waals surface area contributed by atoms with Crippen LogP contribution in [-0.4, -0.2) is 61.0 Å². The molecule has 0 saturated carbocycles. The summed E-state index contributed by atoms with van der Waals surface area (Å²) in [5, 5.41) is 0. The van der Waals surface area contributed by atoms with Crippen LogP contribution in [-0.2, 0) is 14.3 Å². The van der Waals surface area contributed by atoms with E-state index in [0.717, 1.165) is 39.1 Å². The quantitative estimate of drug-likeness (QED) is 0.719. The summed E-state index contributed by atoms with van der Waals surface area (Å²) in [6, 6.07) is 0. The Morgan fingerprint density at radius 3 is 2.16 bits per heavy atom. The molecule has 5 heteroatoms. The number of rotatable bonds is 4. The van der Waals surface area contributed by atoms with Gasteiger partial charge in [0.05, 0.1) is 0 Å². The van der Waals surface area contributed by atoms with E-state index < -0.39 is 5.97 Å². The highest BCUT2D eigenvalue weighted by Crippen LogP contribution is 2.19. The summed E-state index contributed by atoms with van der Waals surface area (Å²) in [7, 11) is 0. The monoisotopic (exact) mass is 270 g/mol. The number of esters is 1. The van der Waals surface area contributed by atoms with E-state index in [1.165, 1.54) is 6.92 Å². The van der Waals surface area contributed by atoms with Crippen molar-refractivity contribution in [2.24, 2.45) is 5.41 Å². The van der Waals surface area contributed by atoms with Gasteiger partial charge < -0.3 is 9.64 Å². The summed E-state index contributed by atoms with van der Waals surface area (Å²) in [5.74, 6) is -0.497. The maximum atomic E-state index is 11.8. The predicted molar refractivity (Wildman–Crippen MR) is 73.7 cm³/mol. The number of carbonyl (C=O) groups excluding carboxylic acids is 2. The number of nitrogens with zero attached hydrogens (tertiary/aromatic N) is 2. The van der Waals surface area contributed by atoms with Crippen LogP contribution in [0, 0.1) is 5.41 Å². The molecule has 0 aromatic rings. The van der Waals surface area contributed by atoms with Crippen molar-refractivity contribution in [1.29, 1.82) is 0 Å². The van der Waals surface area contributed by atoms with Crippen LogP contribution in [0.3, 0.4) is 0 Å². The summed E-state index contributed by atoms with van der Waals surface area (Å²) >= 11 is 0. The van der Waals surface area contributed by atoms with Gasteiger partial charge >= 0.3 is 5.97 Å². The Hall–Kier alpha value is -1.10. The van der Waals surface area contributed by atoms with Gasteiger partial charge in [-0.05, 0) is 18.4 Å². The molecular formula is C14H26N2O3. The molecule has 1 saturated heterocycles. The molecular weight excluding hydrogens is 244 g/mol. The van der Waals surface area contributed by atoms with Crippen LogP contribution in [0.5, 0.6) is 0 Å². The smallest absolute Gasteiger partial charge is 0.303 e. The van der Waals surface area contributed by atoms with Crippen molar-refractivity contribution in [2.75, 3.05) is 39.3 Å². The Morgan fingerprint density at radius 2 is 1.68 bits per heavy atom. The number of carbonyl (C=O) groups is 2. The van der Waals surface area contributed by atoms with Crippen LogP contribution in [0.4, 0.5) is 0 Å². The Balaban J connectivity index is 2.25. The van der Waals surface area contributed by atoms with Crippen LogP contribution in [0.15, 0.2) is 0 Å². The summed E-state index contributed by atoms with van der Waals surface area (Å²) in [6.45, 7) is 12.3. The lowest BCUT2D eigenvalue weighted by Gasteiger charge is -2.35. The fraction of sp³-hybridized carbons (Fsp3) is 0.857. The molecule has 110 valence electrons. The second kappa shape index (κ2) is 6.89. The van der Waals surface area contributed by atoms with Gasteiger partial charge in [0.1, 0.15) is 0 Å². The molecule has 0 spiro atoms. The topological polar surface area (TPSA) is 49.9 Å². The Kier molecular flexibility index (Phi) is 5.79. The average Bonchev–Trinajstić information content (AvgIpc) is 2.33. The molecule has 1 amide bonds. The molecule has 0 N–H and O–H groups in total. The second-order valence-corrected chi connectivity index (χ2v) is 6.31. The van der Waals surface area contributed by atoms with Gasteiger partial charge in [0.25, 0.3) is 5.91 Å². The third-order valence-corrected chi connectivity index (χ3v) is 3.30. The third-order valence-electron chi connectivity index (χ3n) is 3.30. The van der Waals surface area contributed by atoms with Crippen molar-refractivity contribution in [3.63, 3.8) is 0 Å². The van der Waals surface area contributed by atoms with Crippen molar-refractivity contribution < 1.29 is 14.3 Å². The van der Waals surface area contributed by atoms with Crippen LogP contribution >= 0.6 is 0 Å². The minimum Gasteiger partial charge on any atom is -0.456 e. The standard InChI is InChI=1S/C14H26N2O3/c1-12(17)19-11-13(18)16-9-7-15(8-10-16)6-5-14(2,3)4/h5-11H2,1-4H3. The molecule has 1 aliphatic rings. The first-order valence-corrected chi connectivity index (χ1v) is 6.91. The third kappa shape index (κ3) is 6.57. The Morgan fingerprint density at radius 1 is 1.11 bits per heavy atom. The second-order valence-electron chi connectivity index (χ2n) is 6.31. The van der Waals surface area contributed by atoms with Gasteiger partial charge in [-0.2, -0.15) is 0 Å². The zero-order valence-corrected chi connectivity index (χ0v) is 12.6. The highest BCUT2D eigenvalue weighted by atomic mass is 16.5. The highest BCUT2D eigenvalue weighted by molar-refractivity contribution is 5.80. The number of amides is 1. The maximum Gasteiger partial charge on any atom is 0.303 e. The zero-order valence-electron chi connectivity index (χ0n) is 12.6. The van der Waals surface area contributed by atoms with Crippen molar-refractivity contribution in [3.8, 4) is 0 Å². The SMILES string of the molecule is CC(=O)OCC(=O)N1CCN(CCC(C)(C)C)CC1. The van der Waals surface area contributed by atoms with Crippen molar-refractivity contribution >= 4 is 11.9 Å². The van der Waals surface area contributed by atoms with E-state index in [9.17, 15) is 9.59 Å². The molecule has 1 heterocycles. The molecule has 1 aliphatic heterocycles. The first-order chi connectivity index (χ1) is 8.78. The van der Waals surface area contributed by atoms with Crippen molar-refractivity contribution in [2.45, 2.75) is 34.1 Å². The van der Waals surface area contributed by atoms with Crippen molar-refractivity contribution in [3.05, 3.63) is 0 Å². The molecule has 5 nitrogen and oxygen atoms in total. The van der Waals surface area contributed by atoms with Crippen molar-refractivity contribution in [1.82, 2.24) is 9.80 Å². The fourth-order valence-corrected chi connectivity index (χ4v) is 1.97. The van der Waals surface area contributed by atoms with E-state index in [2.05, 4.69) is 25.7 Å². The van der Waals surface area contributed by atoms with E-state index in [1.807, 2.05) is 0 Å². The maximum absolute atomic E-state index is 11.8. The number of piperazine rings is 1. The normalized spacial score (nSPS) is 17.4. The molecule has 0 aromatic heterocycles. The Bertz CT molecular complexity index is 315. The van der Waals surface area contributed by atoms with Crippen LogP contribution < -0.4 is 0 Å². The Labute approximate surface area is 115 Å². The average molecular weight is 270 g/mol. The number of hydrogen-bond donors (Lipinski definition) is 0. The first kappa shape index (κ1) is 16.0. The summed E-state index contributed by atoms with van der Waals surface area (Å²) in [5.41, 5.74) is 0.349. The van der Waals surface area contributed by atoms with E-state index in [1.54, 1.807) is 4.90 Å². The predicted octanol–water partition coefficient (Wildman–Crippen LogP) is 1.13. The summed E-state index contributed by atoms with van der Waals surface area (Å²) < 4.78 is 4.73. The lowest BCUT2D eigenvalue weighted by Crippen LogP contribution is -2.50. The van der Waals surface area contributed by atoms with Crippen LogP contribution in [0.1, 0.15) is 34.1 Å². The molecule has 0 aromatic carbocycles. The van der Waals surface area contributed by atoms with Crippen LogP contribution in [0.2, 0.25) is 0 Å². The molecule has 0 bridgehead atoms. The molecule has 0 aliphatic carbocycles. The summed E-state index contributed by atoms with van der Waals surface area (Å²) in [6.07, 6.45) is 1.16. The van der Waals surface area contributed by atoms with E-state index >= 15 is 0 Å². The molecule has 1 fully saturated rings. The van der Waals surface area contributed by atoms with Gasteiger partial charge in [0, 0.05) is 33.1 Å². The van der Waals surface area contributed by atoms with Gasteiger partial charge in [-0.1, -0.05) is 20.8 Å². The summed E-state index contributed by atoms with van der Waals surface area (Å²) in [4.78, 5) is 26.6. The van der Waals surface area contributed by atoms with Gasteiger partial charge in [-0.15, -0.1) is 0 Å². The van der Waals surface area contributed by atoms with E-state index in [0.29, 0.717) is 5.41 Å². The number of ether oxygens (including phenoxy) is 1. The van der Waals surface area contributed by atoms with Gasteiger partial charge in [0.2, 0.25) is 0 Å². The van der Waals surface area contributed by atoms with Gasteiger partial charge in [-0.3, -0.25) is 14.5 Å². The van der Waals surface area contributed by atoms with E-state index in [-0.39, 0.29) is 12.5 Å². The largest absolute Gasteiger partial charge is 0.456 e. The minimum absolute atomic E-state index is 0.0920. The minimum atomic E-state index is -0.405. The molecule has 0 atom stereocenters.